The second-order valence-electron chi connectivity index (χ2n) is 7.52. The predicted molar refractivity (Wildman–Crippen MR) is 84.2 cm³/mol. The summed E-state index contributed by atoms with van der Waals surface area (Å²) in [4.78, 5) is 24.9. The van der Waals surface area contributed by atoms with Gasteiger partial charge in [-0.05, 0) is 55.4 Å². The SMILES string of the molecule is C[C@@H]1C=C[C@H](C)N(C(=O)OC(C)(C)C)N1C(=O)OC(C)(C)C. The van der Waals surface area contributed by atoms with Crippen molar-refractivity contribution in [2.75, 3.05) is 0 Å². The molecule has 1 aliphatic heterocycles. The van der Waals surface area contributed by atoms with Gasteiger partial charge in [0.15, 0.2) is 0 Å². The topological polar surface area (TPSA) is 59.1 Å². The molecule has 0 N–H and O–H groups in total. The average Bonchev–Trinajstić information content (AvgIpc) is 2.26. The van der Waals surface area contributed by atoms with Crippen LogP contribution in [0.5, 0.6) is 0 Å². The smallest absolute Gasteiger partial charge is 0.430 e. The van der Waals surface area contributed by atoms with Crippen molar-refractivity contribution in [1.29, 1.82) is 0 Å². The molecule has 0 aliphatic carbocycles. The van der Waals surface area contributed by atoms with Crippen LogP contribution in [0.3, 0.4) is 0 Å². The molecule has 126 valence electrons. The van der Waals surface area contributed by atoms with E-state index in [1.54, 1.807) is 41.5 Å². The minimum atomic E-state index is -0.638. The summed E-state index contributed by atoms with van der Waals surface area (Å²) in [6.45, 7) is 14.4. The van der Waals surface area contributed by atoms with E-state index in [0.717, 1.165) is 0 Å². The zero-order valence-corrected chi connectivity index (χ0v) is 14.8. The summed E-state index contributed by atoms with van der Waals surface area (Å²) in [7, 11) is 0. The highest BCUT2D eigenvalue weighted by molar-refractivity contribution is 5.76. The van der Waals surface area contributed by atoms with E-state index in [-0.39, 0.29) is 12.1 Å². The van der Waals surface area contributed by atoms with Crippen LogP contribution < -0.4 is 0 Å². The van der Waals surface area contributed by atoms with Crippen molar-refractivity contribution in [3.8, 4) is 0 Å². The lowest BCUT2D eigenvalue weighted by molar-refractivity contribution is -0.0826. The minimum Gasteiger partial charge on any atom is -0.442 e. The number of rotatable bonds is 0. The third-order valence-electron chi connectivity index (χ3n) is 2.83. The molecule has 6 heteroatoms. The van der Waals surface area contributed by atoms with Crippen LogP contribution in [0.1, 0.15) is 55.4 Å². The second kappa shape index (κ2) is 6.18. The van der Waals surface area contributed by atoms with Gasteiger partial charge in [0.25, 0.3) is 0 Å². The molecule has 2 atom stereocenters. The first-order valence-electron chi connectivity index (χ1n) is 7.54. The van der Waals surface area contributed by atoms with E-state index >= 15 is 0 Å². The van der Waals surface area contributed by atoms with Gasteiger partial charge in [0, 0.05) is 0 Å². The van der Waals surface area contributed by atoms with Crippen LogP contribution in [0, 0.1) is 0 Å². The Hall–Kier alpha value is -1.72. The molecule has 0 unspecified atom stereocenters. The van der Waals surface area contributed by atoms with E-state index in [2.05, 4.69) is 0 Å². The van der Waals surface area contributed by atoms with E-state index in [1.807, 2.05) is 26.0 Å². The molecule has 0 saturated carbocycles. The van der Waals surface area contributed by atoms with E-state index < -0.39 is 23.4 Å². The molecule has 0 spiro atoms. The number of hydrazine groups is 1. The van der Waals surface area contributed by atoms with Crippen LogP contribution in [-0.2, 0) is 9.47 Å². The van der Waals surface area contributed by atoms with Crippen LogP contribution in [0.2, 0.25) is 0 Å². The normalized spacial score (nSPS) is 22.5. The van der Waals surface area contributed by atoms with E-state index in [0.29, 0.717) is 0 Å². The van der Waals surface area contributed by atoms with Gasteiger partial charge >= 0.3 is 12.2 Å². The third kappa shape index (κ3) is 4.93. The maximum atomic E-state index is 12.5. The lowest BCUT2D eigenvalue weighted by atomic mass is 10.1. The maximum Gasteiger partial charge on any atom is 0.430 e. The Balaban J connectivity index is 3.05. The molecule has 6 nitrogen and oxygen atoms in total. The molecule has 0 fully saturated rings. The molecule has 22 heavy (non-hydrogen) atoms. The standard InChI is InChI=1S/C16H28N2O4/c1-11-9-10-12(2)18(14(20)22-16(6,7)8)17(11)13(19)21-15(3,4)5/h9-12H,1-8H3/t11-,12+. The minimum absolute atomic E-state index is 0.293. The largest absolute Gasteiger partial charge is 0.442 e. The molecule has 1 heterocycles. The molecule has 0 aromatic rings. The Morgan fingerprint density at radius 1 is 0.773 bits per heavy atom. The first-order valence-corrected chi connectivity index (χ1v) is 7.54. The number of hydrogen-bond donors (Lipinski definition) is 0. The molecule has 1 aliphatic rings. The Morgan fingerprint density at radius 2 is 1.05 bits per heavy atom. The fraction of sp³-hybridized carbons (Fsp3) is 0.750. The summed E-state index contributed by atoms with van der Waals surface area (Å²) in [5.74, 6) is 0. The number of carbonyl (C=O) groups is 2. The van der Waals surface area contributed by atoms with Crippen molar-refractivity contribution in [2.45, 2.75) is 78.7 Å². The Labute approximate surface area is 133 Å². The summed E-state index contributed by atoms with van der Waals surface area (Å²) < 4.78 is 10.8. The van der Waals surface area contributed by atoms with Crippen LogP contribution in [0.25, 0.3) is 0 Å². The van der Waals surface area contributed by atoms with Crippen molar-refractivity contribution in [2.24, 2.45) is 0 Å². The highest BCUT2D eigenvalue weighted by Crippen LogP contribution is 2.23. The quantitative estimate of drug-likeness (QED) is 0.640. The van der Waals surface area contributed by atoms with E-state index in [9.17, 15) is 9.59 Å². The molecule has 0 saturated heterocycles. The molecule has 0 bridgehead atoms. The number of amides is 2. The monoisotopic (exact) mass is 312 g/mol. The van der Waals surface area contributed by atoms with Gasteiger partial charge in [-0.25, -0.2) is 19.6 Å². The van der Waals surface area contributed by atoms with Crippen LogP contribution >= 0.6 is 0 Å². The van der Waals surface area contributed by atoms with Gasteiger partial charge in [-0.15, -0.1) is 0 Å². The Morgan fingerprint density at radius 3 is 1.27 bits per heavy atom. The number of hydrogen-bond acceptors (Lipinski definition) is 4. The lowest BCUT2D eigenvalue weighted by Gasteiger charge is -2.43. The van der Waals surface area contributed by atoms with Crippen molar-refractivity contribution < 1.29 is 19.1 Å². The molecule has 0 aromatic carbocycles. The summed E-state index contributed by atoms with van der Waals surface area (Å²) in [5.41, 5.74) is -1.28. The number of nitrogens with zero attached hydrogens (tertiary/aromatic N) is 2. The fourth-order valence-electron chi connectivity index (χ4n) is 2.00. The summed E-state index contributed by atoms with van der Waals surface area (Å²) in [5, 5.41) is 2.62. The zero-order valence-electron chi connectivity index (χ0n) is 14.8. The van der Waals surface area contributed by atoms with Gasteiger partial charge in [-0.3, -0.25) is 0 Å². The van der Waals surface area contributed by atoms with Crippen molar-refractivity contribution in [3.05, 3.63) is 12.2 Å². The molecule has 0 aromatic heterocycles. The molecule has 1 rings (SSSR count). The van der Waals surface area contributed by atoms with Crippen LogP contribution in [0.4, 0.5) is 9.59 Å². The fourth-order valence-corrected chi connectivity index (χ4v) is 2.00. The highest BCUT2D eigenvalue weighted by atomic mass is 16.6. The summed E-state index contributed by atoms with van der Waals surface area (Å²) in [6.07, 6.45) is 2.61. The van der Waals surface area contributed by atoms with Gasteiger partial charge in [0.2, 0.25) is 0 Å². The van der Waals surface area contributed by atoms with E-state index in [1.165, 1.54) is 10.0 Å². The van der Waals surface area contributed by atoms with Crippen molar-refractivity contribution in [3.63, 3.8) is 0 Å². The zero-order chi connectivity index (χ0) is 17.3. The predicted octanol–water partition coefficient (Wildman–Crippen LogP) is 3.72. The Kier molecular flexibility index (Phi) is 5.15. The van der Waals surface area contributed by atoms with Gasteiger partial charge in [0.1, 0.15) is 11.2 Å². The Bertz CT molecular complexity index is 418. The lowest BCUT2D eigenvalue weighted by Crippen LogP contribution is -2.60. The molecular formula is C16H28N2O4. The molecule has 2 amide bonds. The van der Waals surface area contributed by atoms with Crippen molar-refractivity contribution >= 4 is 12.2 Å². The third-order valence-corrected chi connectivity index (χ3v) is 2.83. The number of ether oxygens (including phenoxy) is 2. The summed E-state index contributed by atoms with van der Waals surface area (Å²) >= 11 is 0. The molecule has 0 radical (unpaired) electrons. The maximum absolute atomic E-state index is 12.5. The molecular weight excluding hydrogens is 284 g/mol. The number of carbonyl (C=O) groups excluding carboxylic acids is 2. The summed E-state index contributed by atoms with van der Waals surface area (Å²) in [6, 6.07) is -0.586. The first kappa shape index (κ1) is 18.3. The van der Waals surface area contributed by atoms with Crippen LogP contribution in [0.15, 0.2) is 12.2 Å². The average molecular weight is 312 g/mol. The van der Waals surface area contributed by atoms with Gasteiger partial charge in [-0.1, -0.05) is 12.2 Å². The van der Waals surface area contributed by atoms with Crippen LogP contribution in [-0.4, -0.2) is 45.5 Å². The second-order valence-corrected chi connectivity index (χ2v) is 7.52. The van der Waals surface area contributed by atoms with E-state index in [4.69, 9.17) is 9.47 Å². The first-order chi connectivity index (χ1) is 9.82. The highest BCUT2D eigenvalue weighted by Gasteiger charge is 2.39. The van der Waals surface area contributed by atoms with Gasteiger partial charge in [-0.2, -0.15) is 0 Å². The van der Waals surface area contributed by atoms with Crippen molar-refractivity contribution in [1.82, 2.24) is 10.0 Å². The van der Waals surface area contributed by atoms with Gasteiger partial charge < -0.3 is 9.47 Å². The van der Waals surface area contributed by atoms with Gasteiger partial charge in [0.05, 0.1) is 12.1 Å².